The van der Waals surface area contributed by atoms with Crippen LogP contribution in [0.15, 0.2) is 58.5 Å². The molecule has 0 N–H and O–H groups in total. The summed E-state index contributed by atoms with van der Waals surface area (Å²) >= 11 is 1.53. The second-order valence-electron chi connectivity index (χ2n) is 6.32. The number of carbonyl (C=O) groups excluding carboxylic acids is 1. The van der Waals surface area contributed by atoms with Crippen molar-refractivity contribution in [2.45, 2.75) is 37.2 Å². The van der Waals surface area contributed by atoms with Crippen molar-refractivity contribution >= 4 is 28.6 Å². The predicted octanol–water partition coefficient (Wildman–Crippen LogP) is 4.45. The molecule has 1 atom stereocenters. The van der Waals surface area contributed by atoms with Crippen molar-refractivity contribution in [3.05, 3.63) is 70.0 Å². The van der Waals surface area contributed by atoms with Gasteiger partial charge in [0.1, 0.15) is 0 Å². The number of rotatable bonds is 6. The van der Waals surface area contributed by atoms with Crippen molar-refractivity contribution in [2.24, 2.45) is 0 Å². The van der Waals surface area contributed by atoms with Gasteiger partial charge in [-0.2, -0.15) is 0 Å². The minimum absolute atomic E-state index is 0.00140. The molecule has 140 valence electrons. The highest BCUT2D eigenvalue weighted by Gasteiger charge is 2.15. The van der Waals surface area contributed by atoms with E-state index in [0.717, 1.165) is 12.0 Å². The van der Waals surface area contributed by atoms with Crippen molar-refractivity contribution < 1.29 is 9.53 Å². The van der Waals surface area contributed by atoms with E-state index in [4.69, 9.17) is 9.72 Å². The Morgan fingerprint density at radius 2 is 1.89 bits per heavy atom. The fourth-order valence-corrected chi connectivity index (χ4v) is 3.85. The van der Waals surface area contributed by atoms with Crippen LogP contribution in [-0.2, 0) is 10.5 Å². The minimum atomic E-state index is -0.351. The van der Waals surface area contributed by atoms with E-state index in [1.807, 2.05) is 43.3 Å². The van der Waals surface area contributed by atoms with Gasteiger partial charge in [0.15, 0.2) is 5.16 Å². The molecular weight excluding hydrogens is 360 g/mol. The first-order valence-electron chi connectivity index (χ1n) is 8.86. The third kappa shape index (κ3) is 4.06. The Kier molecular flexibility index (Phi) is 5.96. The summed E-state index contributed by atoms with van der Waals surface area (Å²) in [6.45, 7) is 4.10. The molecule has 1 aromatic heterocycles. The number of para-hydroxylation sites is 1. The summed E-state index contributed by atoms with van der Waals surface area (Å²) in [5.74, 6) is 0.305. The third-order valence-corrected chi connectivity index (χ3v) is 5.57. The number of thioether (sulfide) groups is 1. The van der Waals surface area contributed by atoms with E-state index >= 15 is 0 Å². The van der Waals surface area contributed by atoms with Gasteiger partial charge in [-0.05, 0) is 43.2 Å². The number of methoxy groups -OCH3 is 1. The van der Waals surface area contributed by atoms with Crippen LogP contribution in [0.4, 0.5) is 0 Å². The lowest BCUT2D eigenvalue weighted by Crippen LogP contribution is -2.26. The fourth-order valence-electron chi connectivity index (χ4n) is 2.80. The topological polar surface area (TPSA) is 61.2 Å². The van der Waals surface area contributed by atoms with Gasteiger partial charge >= 0.3 is 5.97 Å². The molecule has 0 fully saturated rings. The van der Waals surface area contributed by atoms with Gasteiger partial charge in [0.2, 0.25) is 0 Å². The lowest BCUT2D eigenvalue weighted by Gasteiger charge is -2.18. The summed E-state index contributed by atoms with van der Waals surface area (Å²) in [6.07, 6.45) is 0.849. The maximum absolute atomic E-state index is 13.0. The molecule has 2 aromatic carbocycles. The maximum Gasteiger partial charge on any atom is 0.337 e. The minimum Gasteiger partial charge on any atom is -0.465 e. The smallest absolute Gasteiger partial charge is 0.337 e. The molecule has 0 saturated heterocycles. The summed E-state index contributed by atoms with van der Waals surface area (Å²) in [5, 5.41) is 1.36. The van der Waals surface area contributed by atoms with E-state index < -0.39 is 0 Å². The molecule has 3 rings (SSSR count). The molecule has 0 saturated carbocycles. The van der Waals surface area contributed by atoms with Crippen LogP contribution >= 0.6 is 11.8 Å². The van der Waals surface area contributed by atoms with E-state index in [1.165, 1.54) is 18.9 Å². The molecule has 0 aliphatic carbocycles. The number of carbonyl (C=O) groups is 1. The Balaban J connectivity index is 1.92. The van der Waals surface area contributed by atoms with E-state index in [2.05, 4.69) is 6.92 Å². The normalized spacial score (nSPS) is 12.1. The lowest BCUT2D eigenvalue weighted by molar-refractivity contribution is 0.0600. The van der Waals surface area contributed by atoms with E-state index in [0.29, 0.717) is 27.4 Å². The number of ether oxygens (including phenoxy) is 1. The Labute approximate surface area is 162 Å². The number of aromatic nitrogens is 2. The quantitative estimate of drug-likeness (QED) is 0.358. The van der Waals surface area contributed by atoms with Crippen LogP contribution in [0.25, 0.3) is 10.9 Å². The Morgan fingerprint density at radius 1 is 1.19 bits per heavy atom. The zero-order valence-electron chi connectivity index (χ0n) is 15.6. The zero-order valence-corrected chi connectivity index (χ0v) is 16.5. The first-order valence-corrected chi connectivity index (χ1v) is 9.85. The van der Waals surface area contributed by atoms with E-state index in [-0.39, 0.29) is 17.6 Å². The molecular formula is C21H22N2O3S. The summed E-state index contributed by atoms with van der Waals surface area (Å²) in [6, 6.07) is 14.8. The second-order valence-corrected chi connectivity index (χ2v) is 7.26. The molecule has 6 heteroatoms. The Hall–Kier alpha value is -2.60. The molecule has 0 spiro atoms. The molecule has 0 radical (unpaired) electrons. The average molecular weight is 382 g/mol. The van der Waals surface area contributed by atoms with Crippen LogP contribution in [0.3, 0.4) is 0 Å². The van der Waals surface area contributed by atoms with Gasteiger partial charge in [0, 0.05) is 11.8 Å². The molecule has 0 aliphatic heterocycles. The number of fused-ring (bicyclic) bond motifs is 1. The largest absolute Gasteiger partial charge is 0.465 e. The Morgan fingerprint density at radius 3 is 2.56 bits per heavy atom. The van der Waals surface area contributed by atoms with Crippen molar-refractivity contribution in [2.75, 3.05) is 7.11 Å². The van der Waals surface area contributed by atoms with Gasteiger partial charge in [0.25, 0.3) is 5.56 Å². The van der Waals surface area contributed by atoms with E-state index in [9.17, 15) is 9.59 Å². The van der Waals surface area contributed by atoms with Crippen molar-refractivity contribution in [1.29, 1.82) is 0 Å². The molecule has 0 amide bonds. The fraction of sp³-hybridized carbons (Fsp3) is 0.286. The van der Waals surface area contributed by atoms with Crippen LogP contribution in [0.5, 0.6) is 0 Å². The highest BCUT2D eigenvalue weighted by molar-refractivity contribution is 7.98. The molecule has 0 bridgehead atoms. The monoisotopic (exact) mass is 382 g/mol. The van der Waals surface area contributed by atoms with Crippen LogP contribution in [0.1, 0.15) is 42.2 Å². The molecule has 1 heterocycles. The highest BCUT2D eigenvalue weighted by atomic mass is 32.2. The van der Waals surface area contributed by atoms with E-state index in [1.54, 1.807) is 16.7 Å². The molecule has 5 nitrogen and oxygen atoms in total. The number of hydrogen-bond acceptors (Lipinski definition) is 5. The van der Waals surface area contributed by atoms with Gasteiger partial charge in [-0.15, -0.1) is 0 Å². The first kappa shape index (κ1) is 19.2. The van der Waals surface area contributed by atoms with Crippen molar-refractivity contribution in [3.8, 4) is 0 Å². The summed E-state index contributed by atoms with van der Waals surface area (Å²) in [4.78, 5) is 29.2. The first-order chi connectivity index (χ1) is 13.0. The average Bonchev–Trinajstić information content (AvgIpc) is 2.71. The Bertz CT molecular complexity index is 1010. The molecule has 27 heavy (non-hydrogen) atoms. The number of esters is 1. The van der Waals surface area contributed by atoms with Gasteiger partial charge < -0.3 is 4.74 Å². The van der Waals surface area contributed by atoms with Crippen molar-refractivity contribution in [1.82, 2.24) is 9.55 Å². The summed E-state index contributed by atoms with van der Waals surface area (Å²) < 4.78 is 6.51. The molecule has 3 aromatic rings. The summed E-state index contributed by atoms with van der Waals surface area (Å²) in [5.41, 5.74) is 2.28. The number of benzene rings is 2. The van der Waals surface area contributed by atoms with Crippen LogP contribution in [0.2, 0.25) is 0 Å². The van der Waals surface area contributed by atoms with Crippen LogP contribution in [0, 0.1) is 0 Å². The standard InChI is InChI=1S/C21H22N2O3S/c1-4-14(2)23-19(24)17-7-5-6-8-18(17)22-21(23)27-13-15-9-11-16(12-10-15)20(25)26-3/h5-12,14H,4,13H2,1-3H3/t14-/m0/s1. The van der Waals surface area contributed by atoms with Gasteiger partial charge in [-0.25, -0.2) is 9.78 Å². The number of nitrogens with zero attached hydrogens (tertiary/aromatic N) is 2. The molecule has 0 aliphatic rings. The predicted molar refractivity (Wildman–Crippen MR) is 108 cm³/mol. The van der Waals surface area contributed by atoms with Crippen molar-refractivity contribution in [3.63, 3.8) is 0 Å². The van der Waals surface area contributed by atoms with Crippen LogP contribution < -0.4 is 5.56 Å². The third-order valence-electron chi connectivity index (χ3n) is 4.55. The van der Waals surface area contributed by atoms with Gasteiger partial charge in [-0.1, -0.05) is 43.0 Å². The van der Waals surface area contributed by atoms with Gasteiger partial charge in [0.05, 0.1) is 23.6 Å². The highest BCUT2D eigenvalue weighted by Crippen LogP contribution is 2.25. The van der Waals surface area contributed by atoms with Crippen LogP contribution in [-0.4, -0.2) is 22.6 Å². The second kappa shape index (κ2) is 8.39. The maximum atomic E-state index is 13.0. The lowest BCUT2D eigenvalue weighted by atomic mass is 10.1. The summed E-state index contributed by atoms with van der Waals surface area (Å²) in [7, 11) is 1.37. The zero-order chi connectivity index (χ0) is 19.4. The molecule has 0 unspecified atom stereocenters. The van der Waals surface area contributed by atoms with Gasteiger partial charge in [-0.3, -0.25) is 9.36 Å². The number of hydrogen-bond donors (Lipinski definition) is 0. The SMILES string of the molecule is CC[C@H](C)n1c(SCc2ccc(C(=O)OC)cc2)nc2ccccc2c1=O.